The summed E-state index contributed by atoms with van der Waals surface area (Å²) in [6, 6.07) is 8.24. The predicted octanol–water partition coefficient (Wildman–Crippen LogP) is 2.71. The fourth-order valence-corrected chi connectivity index (χ4v) is 3.46. The molecule has 0 bridgehead atoms. The zero-order valence-electron chi connectivity index (χ0n) is 13.3. The van der Waals surface area contributed by atoms with Gasteiger partial charge in [0, 0.05) is 25.2 Å². The summed E-state index contributed by atoms with van der Waals surface area (Å²) in [5, 5.41) is 7.69. The number of amides is 1. The summed E-state index contributed by atoms with van der Waals surface area (Å²) >= 11 is 0. The number of piperidine rings is 1. The second-order valence-electron chi connectivity index (χ2n) is 6.79. The predicted molar refractivity (Wildman–Crippen MR) is 87.1 cm³/mol. The highest BCUT2D eigenvalue weighted by atomic mass is 16.2. The SMILES string of the molecule is O=C(c1cccc(C2CC2)c1)N1CCC(Cn2cnnc2)CC1. The van der Waals surface area contributed by atoms with Gasteiger partial charge in [0.25, 0.3) is 5.91 Å². The summed E-state index contributed by atoms with van der Waals surface area (Å²) in [5.74, 6) is 1.49. The van der Waals surface area contributed by atoms with Crippen LogP contribution in [0.5, 0.6) is 0 Å². The highest BCUT2D eigenvalue weighted by molar-refractivity contribution is 5.94. The molecule has 5 heteroatoms. The lowest BCUT2D eigenvalue weighted by atomic mass is 9.96. The highest BCUT2D eigenvalue weighted by Crippen LogP contribution is 2.40. The van der Waals surface area contributed by atoms with Gasteiger partial charge in [-0.3, -0.25) is 4.79 Å². The molecule has 1 aromatic carbocycles. The summed E-state index contributed by atoms with van der Waals surface area (Å²) < 4.78 is 2.03. The van der Waals surface area contributed by atoms with E-state index in [1.165, 1.54) is 18.4 Å². The fraction of sp³-hybridized carbons (Fsp3) is 0.500. The molecule has 4 rings (SSSR count). The number of hydrogen-bond donors (Lipinski definition) is 0. The number of hydrogen-bond acceptors (Lipinski definition) is 3. The Bertz CT molecular complexity index is 670. The Morgan fingerprint density at radius 1 is 1.09 bits per heavy atom. The second kappa shape index (κ2) is 6.14. The number of rotatable bonds is 4. The summed E-state index contributed by atoms with van der Waals surface area (Å²) in [6.45, 7) is 2.64. The molecule has 0 radical (unpaired) electrons. The van der Waals surface area contributed by atoms with Crippen LogP contribution < -0.4 is 0 Å². The molecule has 1 aliphatic heterocycles. The summed E-state index contributed by atoms with van der Waals surface area (Å²) in [4.78, 5) is 14.7. The summed E-state index contributed by atoms with van der Waals surface area (Å²) in [7, 11) is 0. The van der Waals surface area contributed by atoms with Crippen molar-refractivity contribution in [3.8, 4) is 0 Å². The molecule has 1 saturated carbocycles. The maximum absolute atomic E-state index is 12.7. The molecule has 5 nitrogen and oxygen atoms in total. The van der Waals surface area contributed by atoms with Crippen molar-refractivity contribution in [2.75, 3.05) is 13.1 Å². The highest BCUT2D eigenvalue weighted by Gasteiger charge is 2.26. The Kier molecular flexibility index (Phi) is 3.85. The zero-order chi connectivity index (χ0) is 15.6. The van der Waals surface area contributed by atoms with E-state index in [-0.39, 0.29) is 5.91 Å². The van der Waals surface area contributed by atoms with Gasteiger partial charge in [-0.05, 0) is 55.2 Å². The third-order valence-corrected chi connectivity index (χ3v) is 5.02. The normalized spacial score (nSPS) is 19.0. The van der Waals surface area contributed by atoms with Crippen molar-refractivity contribution in [1.82, 2.24) is 19.7 Å². The van der Waals surface area contributed by atoms with Gasteiger partial charge >= 0.3 is 0 Å². The molecule has 2 fully saturated rings. The molecule has 1 saturated heterocycles. The molecule has 0 N–H and O–H groups in total. The van der Waals surface area contributed by atoms with E-state index in [0.29, 0.717) is 11.8 Å². The molecule has 2 heterocycles. The largest absolute Gasteiger partial charge is 0.339 e. The van der Waals surface area contributed by atoms with E-state index in [0.717, 1.165) is 38.0 Å². The maximum Gasteiger partial charge on any atom is 0.253 e. The van der Waals surface area contributed by atoms with E-state index >= 15 is 0 Å². The van der Waals surface area contributed by atoms with Crippen LogP contribution in [0.15, 0.2) is 36.9 Å². The average molecular weight is 310 g/mol. The fourth-order valence-electron chi connectivity index (χ4n) is 3.46. The van der Waals surface area contributed by atoms with Crippen molar-refractivity contribution in [2.24, 2.45) is 5.92 Å². The summed E-state index contributed by atoms with van der Waals surface area (Å²) in [6.07, 6.45) is 8.17. The Hall–Kier alpha value is -2.17. The molecule has 23 heavy (non-hydrogen) atoms. The number of aromatic nitrogens is 3. The molecule has 0 unspecified atom stereocenters. The number of nitrogens with zero attached hydrogens (tertiary/aromatic N) is 4. The number of carbonyl (C=O) groups excluding carboxylic acids is 1. The number of likely N-dealkylation sites (tertiary alicyclic amines) is 1. The Balaban J connectivity index is 1.36. The first-order chi connectivity index (χ1) is 11.3. The third kappa shape index (κ3) is 3.28. The Morgan fingerprint density at radius 2 is 1.83 bits per heavy atom. The van der Waals surface area contributed by atoms with Gasteiger partial charge in [0.05, 0.1) is 0 Å². The first-order valence-electron chi connectivity index (χ1n) is 8.51. The van der Waals surface area contributed by atoms with Gasteiger partial charge < -0.3 is 9.47 Å². The third-order valence-electron chi connectivity index (χ3n) is 5.02. The molecule has 1 aliphatic carbocycles. The van der Waals surface area contributed by atoms with E-state index in [4.69, 9.17) is 0 Å². The van der Waals surface area contributed by atoms with E-state index < -0.39 is 0 Å². The Morgan fingerprint density at radius 3 is 2.52 bits per heavy atom. The number of benzene rings is 1. The van der Waals surface area contributed by atoms with Gasteiger partial charge in [0.2, 0.25) is 0 Å². The van der Waals surface area contributed by atoms with Crippen molar-refractivity contribution in [3.05, 3.63) is 48.0 Å². The molecule has 120 valence electrons. The van der Waals surface area contributed by atoms with Gasteiger partial charge in [-0.15, -0.1) is 10.2 Å². The van der Waals surface area contributed by atoms with Crippen LogP contribution in [0.3, 0.4) is 0 Å². The minimum atomic E-state index is 0.190. The van der Waals surface area contributed by atoms with E-state index in [9.17, 15) is 4.79 Å². The van der Waals surface area contributed by atoms with E-state index in [1.807, 2.05) is 21.6 Å². The first kappa shape index (κ1) is 14.4. The minimum absolute atomic E-state index is 0.190. The monoisotopic (exact) mass is 310 g/mol. The summed E-state index contributed by atoms with van der Waals surface area (Å²) in [5.41, 5.74) is 2.19. The molecule has 1 aromatic heterocycles. The van der Waals surface area contributed by atoms with Crippen LogP contribution in [0, 0.1) is 5.92 Å². The van der Waals surface area contributed by atoms with Crippen molar-refractivity contribution in [3.63, 3.8) is 0 Å². The van der Waals surface area contributed by atoms with Crippen LogP contribution in [-0.4, -0.2) is 38.7 Å². The molecule has 0 spiro atoms. The average Bonchev–Trinajstić information content (AvgIpc) is 3.33. The lowest BCUT2D eigenvalue weighted by Crippen LogP contribution is -2.39. The lowest BCUT2D eigenvalue weighted by Gasteiger charge is -2.32. The Labute approximate surface area is 136 Å². The van der Waals surface area contributed by atoms with E-state index in [2.05, 4.69) is 22.3 Å². The molecular weight excluding hydrogens is 288 g/mol. The van der Waals surface area contributed by atoms with Crippen LogP contribution in [0.4, 0.5) is 0 Å². The van der Waals surface area contributed by atoms with Crippen LogP contribution in [-0.2, 0) is 6.54 Å². The number of carbonyl (C=O) groups is 1. The molecular formula is C18H22N4O. The van der Waals surface area contributed by atoms with Crippen LogP contribution in [0.2, 0.25) is 0 Å². The topological polar surface area (TPSA) is 51.0 Å². The van der Waals surface area contributed by atoms with Gasteiger partial charge in [-0.25, -0.2) is 0 Å². The first-order valence-corrected chi connectivity index (χ1v) is 8.51. The van der Waals surface area contributed by atoms with Crippen molar-refractivity contribution >= 4 is 5.91 Å². The van der Waals surface area contributed by atoms with Gasteiger partial charge in [-0.2, -0.15) is 0 Å². The quantitative estimate of drug-likeness (QED) is 0.872. The lowest BCUT2D eigenvalue weighted by molar-refractivity contribution is 0.0682. The van der Waals surface area contributed by atoms with Gasteiger partial charge in [0.15, 0.2) is 0 Å². The van der Waals surface area contributed by atoms with Crippen molar-refractivity contribution in [1.29, 1.82) is 0 Å². The van der Waals surface area contributed by atoms with Crippen molar-refractivity contribution in [2.45, 2.75) is 38.1 Å². The standard InChI is InChI=1S/C18H22N4O/c23-18(17-3-1-2-16(10-17)15-4-5-15)22-8-6-14(7-9-22)11-21-12-19-20-13-21/h1-3,10,12-15H,4-9,11H2. The maximum atomic E-state index is 12.7. The smallest absolute Gasteiger partial charge is 0.253 e. The molecule has 0 atom stereocenters. The molecule has 2 aliphatic rings. The molecule has 2 aromatic rings. The van der Waals surface area contributed by atoms with Crippen LogP contribution >= 0.6 is 0 Å². The van der Waals surface area contributed by atoms with E-state index in [1.54, 1.807) is 12.7 Å². The van der Waals surface area contributed by atoms with Gasteiger partial charge in [-0.1, -0.05) is 12.1 Å². The molecule has 1 amide bonds. The zero-order valence-corrected chi connectivity index (χ0v) is 13.3. The van der Waals surface area contributed by atoms with Crippen LogP contribution in [0.1, 0.15) is 47.5 Å². The second-order valence-corrected chi connectivity index (χ2v) is 6.79. The van der Waals surface area contributed by atoms with Crippen LogP contribution in [0.25, 0.3) is 0 Å². The minimum Gasteiger partial charge on any atom is -0.339 e. The van der Waals surface area contributed by atoms with Gasteiger partial charge in [0.1, 0.15) is 12.7 Å². The van der Waals surface area contributed by atoms with Crippen molar-refractivity contribution < 1.29 is 4.79 Å².